The van der Waals surface area contributed by atoms with Crippen LogP contribution >= 0.6 is 0 Å². The molecule has 4 rings (SSSR count). The summed E-state index contributed by atoms with van der Waals surface area (Å²) >= 11 is 0. The fourth-order valence-corrected chi connectivity index (χ4v) is 3.20. The number of rotatable bonds is 6. The first kappa shape index (κ1) is 20.9. The average Bonchev–Trinajstić information content (AvgIpc) is 3.17. The molecule has 0 spiro atoms. The van der Waals surface area contributed by atoms with Gasteiger partial charge in [0.25, 0.3) is 0 Å². The number of benzene rings is 2. The molecule has 2 heterocycles. The van der Waals surface area contributed by atoms with Gasteiger partial charge in [0.2, 0.25) is 5.88 Å². The minimum Gasteiger partial charge on any atom is -0.471 e. The molecule has 1 atom stereocenters. The normalized spacial score (nSPS) is 11.7. The molecule has 4 aromatic rings. The lowest BCUT2D eigenvalue weighted by Crippen LogP contribution is -2.31. The highest BCUT2D eigenvalue weighted by molar-refractivity contribution is 5.95. The molecule has 1 unspecified atom stereocenters. The molecule has 0 aliphatic heterocycles. The second kappa shape index (κ2) is 9.17. The molecule has 32 heavy (non-hydrogen) atoms. The van der Waals surface area contributed by atoms with Gasteiger partial charge in [0.1, 0.15) is 12.4 Å². The topological polar surface area (TPSA) is 118 Å². The van der Waals surface area contributed by atoms with Crippen molar-refractivity contribution in [1.82, 2.24) is 20.1 Å². The molecule has 0 saturated heterocycles. The molecule has 0 bridgehead atoms. The Bertz CT molecular complexity index is 1240. The Balaban J connectivity index is 1.52. The number of fused-ring (bicyclic) bond motifs is 1. The second-order valence-electron chi connectivity index (χ2n) is 7.09. The van der Waals surface area contributed by atoms with E-state index in [1.807, 2.05) is 67.6 Å². The molecule has 2 aromatic heterocycles. The maximum Gasteiger partial charge on any atom is 0.432 e. The molecule has 3 N–H and O–H groups in total. The smallest absolute Gasteiger partial charge is 0.432 e. The number of carbonyl (C=O) groups excluding carboxylic acids is 1. The van der Waals surface area contributed by atoms with Crippen molar-refractivity contribution in [2.75, 3.05) is 5.32 Å². The number of nitrogens with one attached hydrogen (secondary N) is 2. The Labute approximate surface area is 183 Å². The van der Waals surface area contributed by atoms with Gasteiger partial charge < -0.3 is 15.2 Å². The first-order valence-corrected chi connectivity index (χ1v) is 9.92. The lowest BCUT2D eigenvalue weighted by atomic mass is 10.1. The number of anilines is 1. The highest BCUT2D eigenvalue weighted by atomic mass is 16.5. The van der Waals surface area contributed by atoms with Crippen LogP contribution in [0.1, 0.15) is 24.1 Å². The SMILES string of the molecule is CC(NC(=O)Nc1cc2c(cn1)c(OCc1ccccc1)nn2C(=O)O)c1ccccc1. The number of urea groups is 1. The zero-order valence-electron chi connectivity index (χ0n) is 17.2. The van der Waals surface area contributed by atoms with Gasteiger partial charge in [0, 0.05) is 12.3 Å². The van der Waals surface area contributed by atoms with Gasteiger partial charge in [-0.1, -0.05) is 60.7 Å². The highest BCUT2D eigenvalue weighted by Crippen LogP contribution is 2.27. The minimum atomic E-state index is -1.27. The number of aromatic nitrogens is 3. The van der Waals surface area contributed by atoms with Gasteiger partial charge in [-0.3, -0.25) is 5.32 Å². The van der Waals surface area contributed by atoms with Crippen molar-refractivity contribution in [1.29, 1.82) is 0 Å². The average molecular weight is 431 g/mol. The van der Waals surface area contributed by atoms with Crippen LogP contribution in [-0.2, 0) is 6.61 Å². The molecule has 0 aliphatic carbocycles. The van der Waals surface area contributed by atoms with Crippen LogP contribution < -0.4 is 15.4 Å². The van der Waals surface area contributed by atoms with E-state index in [9.17, 15) is 14.7 Å². The number of carbonyl (C=O) groups is 2. The van der Waals surface area contributed by atoms with Gasteiger partial charge in [-0.2, -0.15) is 4.68 Å². The maximum absolute atomic E-state index is 12.4. The molecule has 0 aliphatic rings. The van der Waals surface area contributed by atoms with Crippen LogP contribution in [0.4, 0.5) is 15.4 Å². The molecule has 9 heteroatoms. The lowest BCUT2D eigenvalue weighted by molar-refractivity contribution is 0.192. The quantitative estimate of drug-likeness (QED) is 0.416. The van der Waals surface area contributed by atoms with E-state index in [1.165, 1.54) is 12.3 Å². The van der Waals surface area contributed by atoms with Crippen molar-refractivity contribution in [3.8, 4) is 5.88 Å². The highest BCUT2D eigenvalue weighted by Gasteiger charge is 2.18. The molecular formula is C23H21N5O4. The van der Waals surface area contributed by atoms with E-state index in [0.717, 1.165) is 15.8 Å². The number of carboxylic acid groups (broad SMARTS) is 1. The fourth-order valence-electron chi connectivity index (χ4n) is 3.20. The standard InChI is InChI=1S/C23H21N5O4/c1-15(17-10-6-3-7-11-17)25-22(29)26-20-12-19-18(13-24-20)21(27-28(19)23(30)31)32-14-16-8-4-2-5-9-16/h2-13,15H,14H2,1H3,(H,30,31)(H2,24,25,26,29). The van der Waals surface area contributed by atoms with E-state index >= 15 is 0 Å². The minimum absolute atomic E-state index is 0.146. The van der Waals surface area contributed by atoms with E-state index in [0.29, 0.717) is 5.39 Å². The molecule has 0 saturated carbocycles. The molecule has 2 aromatic carbocycles. The fraction of sp³-hybridized carbons (Fsp3) is 0.130. The van der Waals surface area contributed by atoms with Crippen molar-refractivity contribution in [2.24, 2.45) is 0 Å². The maximum atomic E-state index is 12.4. The van der Waals surface area contributed by atoms with Gasteiger partial charge in [0.15, 0.2) is 0 Å². The van der Waals surface area contributed by atoms with Crippen LogP contribution in [0.3, 0.4) is 0 Å². The van der Waals surface area contributed by atoms with Crippen LogP contribution in [0.5, 0.6) is 5.88 Å². The number of pyridine rings is 1. The number of hydrogen-bond donors (Lipinski definition) is 3. The van der Waals surface area contributed by atoms with Gasteiger partial charge >= 0.3 is 12.1 Å². The van der Waals surface area contributed by atoms with Crippen LogP contribution in [0, 0.1) is 0 Å². The molecule has 2 amide bonds. The summed E-state index contributed by atoms with van der Waals surface area (Å²) in [6.45, 7) is 2.09. The van der Waals surface area contributed by atoms with Crippen LogP contribution in [0.2, 0.25) is 0 Å². The van der Waals surface area contributed by atoms with E-state index < -0.39 is 12.1 Å². The second-order valence-corrected chi connectivity index (χ2v) is 7.09. The summed E-state index contributed by atoms with van der Waals surface area (Å²) in [4.78, 5) is 28.3. The third kappa shape index (κ3) is 4.67. The molecule has 0 radical (unpaired) electrons. The largest absolute Gasteiger partial charge is 0.471 e. The number of amides is 2. The molecule has 9 nitrogen and oxygen atoms in total. The summed E-state index contributed by atoms with van der Waals surface area (Å²) in [5.74, 6) is 0.333. The zero-order chi connectivity index (χ0) is 22.5. The number of ether oxygens (including phenoxy) is 1. The summed E-state index contributed by atoms with van der Waals surface area (Å²) in [6, 6.07) is 19.7. The number of hydrogen-bond acceptors (Lipinski definition) is 5. The van der Waals surface area contributed by atoms with E-state index in [2.05, 4.69) is 20.7 Å². The van der Waals surface area contributed by atoms with Gasteiger partial charge in [-0.15, -0.1) is 5.10 Å². The van der Waals surface area contributed by atoms with Crippen molar-refractivity contribution >= 4 is 28.8 Å². The van der Waals surface area contributed by atoms with Crippen LogP contribution in [0.15, 0.2) is 72.9 Å². The predicted octanol–water partition coefficient (Wildman–Crippen LogP) is 4.42. The Kier molecular flexibility index (Phi) is 5.98. The van der Waals surface area contributed by atoms with Gasteiger partial charge in [0.05, 0.1) is 16.9 Å². The molecular weight excluding hydrogens is 410 g/mol. The van der Waals surface area contributed by atoms with Crippen LogP contribution in [-0.4, -0.2) is 32.0 Å². The zero-order valence-corrected chi connectivity index (χ0v) is 17.2. The van der Waals surface area contributed by atoms with Crippen molar-refractivity contribution in [3.05, 3.63) is 84.1 Å². The van der Waals surface area contributed by atoms with E-state index in [1.54, 1.807) is 0 Å². The van der Waals surface area contributed by atoms with Gasteiger partial charge in [-0.25, -0.2) is 14.6 Å². The molecule has 0 fully saturated rings. The Hall–Kier alpha value is -4.40. The Morgan fingerprint density at radius 1 is 1.09 bits per heavy atom. The third-order valence-corrected chi connectivity index (χ3v) is 4.82. The first-order valence-electron chi connectivity index (χ1n) is 9.92. The van der Waals surface area contributed by atoms with E-state index in [-0.39, 0.29) is 29.9 Å². The summed E-state index contributed by atoms with van der Waals surface area (Å²) < 4.78 is 6.52. The Morgan fingerprint density at radius 3 is 2.47 bits per heavy atom. The van der Waals surface area contributed by atoms with Crippen LogP contribution in [0.25, 0.3) is 10.9 Å². The van der Waals surface area contributed by atoms with Gasteiger partial charge in [-0.05, 0) is 18.1 Å². The van der Waals surface area contributed by atoms with E-state index in [4.69, 9.17) is 4.74 Å². The van der Waals surface area contributed by atoms with Crippen molar-refractivity contribution < 1.29 is 19.4 Å². The third-order valence-electron chi connectivity index (χ3n) is 4.82. The monoisotopic (exact) mass is 431 g/mol. The summed E-state index contributed by atoms with van der Waals surface area (Å²) in [5, 5.41) is 19.4. The predicted molar refractivity (Wildman–Crippen MR) is 119 cm³/mol. The summed E-state index contributed by atoms with van der Waals surface area (Å²) in [7, 11) is 0. The lowest BCUT2D eigenvalue weighted by Gasteiger charge is -2.14. The van der Waals surface area contributed by atoms with Crippen molar-refractivity contribution in [3.63, 3.8) is 0 Å². The van der Waals surface area contributed by atoms with Crippen molar-refractivity contribution in [2.45, 2.75) is 19.6 Å². The number of nitrogens with zero attached hydrogens (tertiary/aromatic N) is 3. The molecule has 162 valence electrons. The summed E-state index contributed by atoms with van der Waals surface area (Å²) in [6.07, 6.45) is 0.155. The Morgan fingerprint density at radius 2 is 1.78 bits per heavy atom. The summed E-state index contributed by atoms with van der Waals surface area (Å²) in [5.41, 5.74) is 2.12. The first-order chi connectivity index (χ1) is 15.5.